The number of amides is 5. The van der Waals surface area contributed by atoms with Gasteiger partial charge in [-0.1, -0.05) is 53.9 Å². The Labute approximate surface area is 267 Å². The number of fused-ring (bicyclic) bond motifs is 1. The van der Waals surface area contributed by atoms with Gasteiger partial charge in [-0.05, 0) is 70.2 Å². The Kier molecular flexibility index (Phi) is 9.23. The molecule has 2 N–H and O–H groups in total. The Morgan fingerprint density at radius 3 is 2.20 bits per heavy atom. The van der Waals surface area contributed by atoms with Crippen LogP contribution in [-0.4, -0.2) is 36.9 Å². The van der Waals surface area contributed by atoms with Crippen molar-refractivity contribution < 1.29 is 28.3 Å². The van der Waals surface area contributed by atoms with Crippen molar-refractivity contribution in [2.45, 2.75) is 52.0 Å². The summed E-state index contributed by atoms with van der Waals surface area (Å²) in [5.74, 6) is 0.406. The summed E-state index contributed by atoms with van der Waals surface area (Å²) in [6.45, 7) is 5.72. The largest absolute Gasteiger partial charge is 0.481 e. The van der Waals surface area contributed by atoms with E-state index in [9.17, 15) is 23.6 Å². The zero-order valence-electron chi connectivity index (χ0n) is 26.0. The zero-order valence-corrected chi connectivity index (χ0v) is 26.0. The van der Waals surface area contributed by atoms with Crippen LogP contribution in [0.25, 0.3) is 0 Å². The van der Waals surface area contributed by atoms with Gasteiger partial charge in [-0.2, -0.15) is 0 Å². The summed E-state index contributed by atoms with van der Waals surface area (Å²) in [6, 6.07) is 19.8. The van der Waals surface area contributed by atoms with E-state index in [1.54, 1.807) is 0 Å². The van der Waals surface area contributed by atoms with Crippen LogP contribution in [-0.2, 0) is 19.9 Å². The fourth-order valence-electron chi connectivity index (χ4n) is 5.62. The normalized spacial score (nSPS) is 15.7. The first-order valence-corrected chi connectivity index (χ1v) is 15.0. The lowest BCUT2D eigenvalue weighted by molar-refractivity contribution is -0.121. The molecule has 3 aliphatic rings. The number of nitrogens with one attached hydrogen (secondary N) is 2. The van der Waals surface area contributed by atoms with E-state index in [0.29, 0.717) is 24.0 Å². The highest BCUT2D eigenvalue weighted by Crippen LogP contribution is 2.41. The number of carbonyl (C=O) groups excluding carboxylic acids is 4. The molecule has 0 radical (unpaired) electrons. The second-order valence-corrected chi connectivity index (χ2v) is 11.8. The number of hydrogen-bond acceptors (Lipinski definition) is 5. The van der Waals surface area contributed by atoms with Crippen LogP contribution in [0.4, 0.5) is 26.2 Å². The van der Waals surface area contributed by atoms with Crippen molar-refractivity contribution in [2.75, 3.05) is 28.3 Å². The van der Waals surface area contributed by atoms with Crippen LogP contribution in [0.1, 0.15) is 50.7 Å². The van der Waals surface area contributed by atoms with Crippen LogP contribution in [0, 0.1) is 25.1 Å². The maximum atomic E-state index is 14.7. The number of benzene rings is 3. The van der Waals surface area contributed by atoms with Gasteiger partial charge in [0.05, 0.1) is 23.5 Å². The Hall–Kier alpha value is -5.43. The van der Waals surface area contributed by atoms with E-state index in [2.05, 4.69) is 16.6 Å². The molecule has 2 aliphatic heterocycles. The number of aryl methyl sites for hydroxylation is 1. The fourth-order valence-corrected chi connectivity index (χ4v) is 5.62. The molecule has 0 saturated heterocycles. The van der Waals surface area contributed by atoms with Crippen LogP contribution in [0.2, 0.25) is 0 Å². The highest BCUT2D eigenvalue weighted by molar-refractivity contribution is 6.33. The molecule has 0 bridgehead atoms. The van der Waals surface area contributed by atoms with Crippen molar-refractivity contribution in [3.05, 3.63) is 94.8 Å². The molecule has 9 nitrogen and oxygen atoms in total. The summed E-state index contributed by atoms with van der Waals surface area (Å²) in [6.07, 6.45) is 8.01. The highest BCUT2D eigenvalue weighted by Gasteiger charge is 2.41. The molecule has 3 aromatic rings. The number of terminal acetylenes is 1. The molecule has 0 unspecified atom stereocenters. The van der Waals surface area contributed by atoms with Crippen molar-refractivity contribution in [3.8, 4) is 18.1 Å². The fraction of sp³-hybridized carbons (Fsp3) is 0.278. The van der Waals surface area contributed by atoms with Crippen LogP contribution in [0.15, 0.2) is 77.9 Å². The van der Waals surface area contributed by atoms with Crippen LogP contribution in [0.3, 0.4) is 0 Å². The lowest BCUT2D eigenvalue weighted by Crippen LogP contribution is -2.43. The van der Waals surface area contributed by atoms with Gasteiger partial charge in [0.15, 0.2) is 12.4 Å². The molecule has 236 valence electrons. The molecule has 0 spiro atoms. The number of anilines is 3. The second kappa shape index (κ2) is 13.3. The van der Waals surface area contributed by atoms with Gasteiger partial charge in [0.25, 0.3) is 17.7 Å². The van der Waals surface area contributed by atoms with Crippen LogP contribution < -0.4 is 25.2 Å². The monoisotopic (exact) mass is 622 g/mol. The first kappa shape index (κ1) is 32.0. The average molecular weight is 623 g/mol. The van der Waals surface area contributed by atoms with Crippen LogP contribution in [0.5, 0.6) is 5.75 Å². The van der Waals surface area contributed by atoms with Gasteiger partial charge in [0, 0.05) is 22.9 Å². The topological polar surface area (TPSA) is 108 Å². The van der Waals surface area contributed by atoms with Crippen molar-refractivity contribution in [1.29, 1.82) is 0 Å². The smallest absolute Gasteiger partial charge is 0.319 e. The third kappa shape index (κ3) is 6.64. The Morgan fingerprint density at radius 1 is 0.957 bits per heavy atom. The Balaban J connectivity index is 0.000000188. The maximum absolute atomic E-state index is 14.7. The molecule has 1 aliphatic carbocycles. The van der Waals surface area contributed by atoms with E-state index in [0.717, 1.165) is 35.1 Å². The van der Waals surface area contributed by atoms with Crippen LogP contribution >= 0.6 is 0 Å². The second-order valence-electron chi connectivity index (χ2n) is 11.8. The predicted molar refractivity (Wildman–Crippen MR) is 174 cm³/mol. The standard InChI is InChI=1S/C19H15FN2O4.C17H20N2O/c1-2-7-21-15-9-14(13(20)8-16(15)26-10-17(21)23)22-18(24)11-5-3-4-6-12(11)19(22)25;1-13-9-11-15(12-10-13)18-16(20)19-17(2,3)14-7-5-4-6-8-14/h1,8-9H,3-7,10H2;4-12H,1-3H3,(H2,18,19,20). The molecular formula is C36H35FN4O5. The number of rotatable bonds is 5. The number of hydrogen-bond donors (Lipinski definition) is 2. The van der Waals surface area contributed by atoms with Gasteiger partial charge >= 0.3 is 6.03 Å². The number of urea groups is 1. The van der Waals surface area contributed by atoms with E-state index in [1.807, 2.05) is 75.4 Å². The Morgan fingerprint density at radius 2 is 1.59 bits per heavy atom. The van der Waals surface area contributed by atoms with E-state index in [1.165, 1.54) is 16.5 Å². The van der Waals surface area contributed by atoms with E-state index in [4.69, 9.17) is 11.2 Å². The number of imide groups is 1. The molecule has 5 amide bonds. The molecule has 0 saturated carbocycles. The first-order chi connectivity index (χ1) is 22.0. The molecular weight excluding hydrogens is 587 g/mol. The summed E-state index contributed by atoms with van der Waals surface area (Å²) >= 11 is 0. The molecule has 6 rings (SSSR count). The van der Waals surface area contributed by atoms with E-state index >= 15 is 0 Å². The highest BCUT2D eigenvalue weighted by atomic mass is 19.1. The number of carbonyl (C=O) groups is 4. The summed E-state index contributed by atoms with van der Waals surface area (Å²) in [7, 11) is 0. The summed E-state index contributed by atoms with van der Waals surface area (Å²) in [5.41, 5.74) is 3.60. The molecule has 46 heavy (non-hydrogen) atoms. The summed E-state index contributed by atoms with van der Waals surface area (Å²) in [5, 5.41) is 5.83. The van der Waals surface area contributed by atoms with Gasteiger partial charge in [-0.15, -0.1) is 6.42 Å². The summed E-state index contributed by atoms with van der Waals surface area (Å²) < 4.78 is 19.9. The van der Waals surface area contributed by atoms with Gasteiger partial charge in [-0.3, -0.25) is 19.3 Å². The summed E-state index contributed by atoms with van der Waals surface area (Å²) in [4.78, 5) is 51.6. The zero-order chi connectivity index (χ0) is 33.0. The maximum Gasteiger partial charge on any atom is 0.319 e. The SMILES string of the molecule is C#CCN1C(=O)COc2cc(F)c(N3C(=O)C4=C(CCCC4)C3=O)cc21.Cc1ccc(NC(=O)NC(C)(C)c2ccccc2)cc1. The molecule has 0 aromatic heterocycles. The minimum atomic E-state index is -0.764. The van der Waals surface area contributed by atoms with Gasteiger partial charge in [-0.25, -0.2) is 14.1 Å². The third-order valence-electron chi connectivity index (χ3n) is 8.08. The lowest BCUT2D eigenvalue weighted by atomic mass is 9.93. The molecule has 10 heteroatoms. The number of ether oxygens (including phenoxy) is 1. The minimum Gasteiger partial charge on any atom is -0.481 e. The molecule has 3 aromatic carbocycles. The van der Waals surface area contributed by atoms with Gasteiger partial charge < -0.3 is 15.4 Å². The van der Waals surface area contributed by atoms with E-state index < -0.39 is 23.2 Å². The quantitative estimate of drug-likeness (QED) is 0.269. The lowest BCUT2D eigenvalue weighted by Gasteiger charge is -2.29. The van der Waals surface area contributed by atoms with Gasteiger partial charge in [0.1, 0.15) is 5.75 Å². The van der Waals surface area contributed by atoms with Crippen molar-refractivity contribution >= 4 is 40.8 Å². The third-order valence-corrected chi connectivity index (χ3v) is 8.08. The van der Waals surface area contributed by atoms with E-state index in [-0.39, 0.29) is 42.2 Å². The van der Waals surface area contributed by atoms with Crippen molar-refractivity contribution in [2.24, 2.45) is 0 Å². The Bertz CT molecular complexity index is 1730. The average Bonchev–Trinajstić information content (AvgIpc) is 3.29. The number of halogens is 1. The van der Waals surface area contributed by atoms with Crippen molar-refractivity contribution in [1.82, 2.24) is 5.32 Å². The van der Waals surface area contributed by atoms with Crippen molar-refractivity contribution in [3.63, 3.8) is 0 Å². The number of nitrogens with zero attached hydrogens (tertiary/aromatic N) is 2. The molecule has 0 fully saturated rings. The first-order valence-electron chi connectivity index (χ1n) is 15.0. The van der Waals surface area contributed by atoms with Gasteiger partial charge in [0.2, 0.25) is 0 Å². The molecule has 2 heterocycles. The predicted octanol–water partition coefficient (Wildman–Crippen LogP) is 5.98. The molecule has 0 atom stereocenters. The minimum absolute atomic E-state index is 0.0170.